The number of carboxylic acids is 1. The van der Waals surface area contributed by atoms with Crippen LogP contribution in [0.25, 0.3) is 0 Å². The monoisotopic (exact) mass is 632 g/mol. The molecule has 0 spiro atoms. The van der Waals surface area contributed by atoms with Crippen molar-refractivity contribution >= 4 is 5.97 Å². The Morgan fingerprint density at radius 3 is 0.860 bits per heavy atom. The van der Waals surface area contributed by atoms with Gasteiger partial charge in [0.05, 0.1) is 5.97 Å². The molecule has 0 aliphatic heterocycles. The Labute approximate surface area is 314 Å². The number of hydrogen-bond acceptors (Lipinski definition) is 3. The topological polar surface area (TPSA) is 43.4 Å². The van der Waals surface area contributed by atoms with Gasteiger partial charge in [0.1, 0.15) is 0 Å². The predicted octanol–water partition coefficient (Wildman–Crippen LogP) is 8.95. The van der Waals surface area contributed by atoms with Gasteiger partial charge in [0.25, 0.3) is 0 Å². The molecule has 252 valence electrons. The molecule has 0 radical (unpaired) electrons. The fraction of sp³-hybridized carbons (Fsp3) is 0.974. The zero-order valence-corrected chi connectivity index (χ0v) is 33.5. The maximum absolute atomic E-state index is 11.9. The predicted molar refractivity (Wildman–Crippen MR) is 185 cm³/mol. The minimum absolute atomic E-state index is 0. The summed E-state index contributed by atoms with van der Waals surface area (Å²) in [4.78, 5) is 14.2. The van der Waals surface area contributed by atoms with Gasteiger partial charge in [-0.1, -0.05) is 207 Å². The average molecular weight is 632 g/mol. The summed E-state index contributed by atoms with van der Waals surface area (Å²) in [6.07, 6.45) is 42.7. The van der Waals surface area contributed by atoms with Crippen LogP contribution >= 0.6 is 0 Å². The van der Waals surface area contributed by atoms with Gasteiger partial charge in [0.2, 0.25) is 0 Å². The quantitative estimate of drug-likeness (QED) is 0.0512. The smallest absolute Gasteiger partial charge is 0.548 e. The molecule has 0 amide bonds. The molecule has 0 aliphatic carbocycles. The Kier molecular flexibility index (Phi) is 42.2. The number of carboxylic acid groups (broad SMARTS) is 1. The molecular formula is C39H78KNO2. The van der Waals surface area contributed by atoms with Crippen molar-refractivity contribution in [3.8, 4) is 0 Å². The van der Waals surface area contributed by atoms with Gasteiger partial charge in [-0.2, -0.15) is 0 Å². The minimum atomic E-state index is -0.862. The van der Waals surface area contributed by atoms with Gasteiger partial charge < -0.3 is 9.90 Å². The van der Waals surface area contributed by atoms with E-state index in [1.165, 1.54) is 180 Å². The summed E-state index contributed by atoms with van der Waals surface area (Å²) in [5, 5.41) is 11.9. The van der Waals surface area contributed by atoms with Crippen LogP contribution in [0.15, 0.2) is 0 Å². The molecule has 43 heavy (non-hydrogen) atoms. The van der Waals surface area contributed by atoms with Gasteiger partial charge in [-0.15, -0.1) is 0 Å². The summed E-state index contributed by atoms with van der Waals surface area (Å²) in [5.41, 5.74) is 0. The average Bonchev–Trinajstić information content (AvgIpc) is 2.98. The summed E-state index contributed by atoms with van der Waals surface area (Å²) >= 11 is 0. The number of aliphatic carboxylic acids is 1. The summed E-state index contributed by atoms with van der Waals surface area (Å²) in [6, 6.07) is -0.395. The number of carbonyl (C=O) groups excluding carboxylic acids is 1. The first-order chi connectivity index (χ1) is 20.7. The van der Waals surface area contributed by atoms with E-state index in [9.17, 15) is 9.90 Å². The summed E-state index contributed by atoms with van der Waals surface area (Å²) in [5.74, 6) is -0.862. The molecule has 0 heterocycles. The van der Waals surface area contributed by atoms with Crippen molar-refractivity contribution in [3.63, 3.8) is 0 Å². The van der Waals surface area contributed by atoms with E-state index in [2.05, 4.69) is 25.7 Å². The first-order valence-corrected chi connectivity index (χ1v) is 19.6. The van der Waals surface area contributed by atoms with Gasteiger partial charge in [0.15, 0.2) is 0 Å². The van der Waals surface area contributed by atoms with Crippen LogP contribution in [0.5, 0.6) is 0 Å². The molecule has 0 bridgehead atoms. The Morgan fingerprint density at radius 1 is 0.419 bits per heavy atom. The van der Waals surface area contributed by atoms with E-state index in [1.54, 1.807) is 0 Å². The normalized spacial score (nSPS) is 12.1. The summed E-state index contributed by atoms with van der Waals surface area (Å²) in [6.45, 7) is 8.52. The number of nitrogens with zero attached hydrogens (tertiary/aromatic N) is 1. The summed E-state index contributed by atoms with van der Waals surface area (Å²) in [7, 11) is 0. The molecule has 0 aromatic heterocycles. The Balaban J connectivity index is 0. The molecule has 1 atom stereocenters. The Bertz CT molecular complexity index is 495. The van der Waals surface area contributed by atoms with Crippen LogP contribution in [0.1, 0.15) is 226 Å². The van der Waals surface area contributed by atoms with Crippen LogP contribution in [0.4, 0.5) is 0 Å². The van der Waals surface area contributed by atoms with Crippen LogP contribution in [0.2, 0.25) is 0 Å². The number of carbonyl (C=O) groups is 1. The Morgan fingerprint density at radius 2 is 0.651 bits per heavy atom. The molecular weight excluding hydrogens is 554 g/mol. The standard InChI is InChI=1S/C39H79NO2.K/c1-4-7-9-11-13-15-17-19-21-23-25-27-29-31-33-36-40(38(35-6-3)39(41)42)37-34-32-30-28-26-24-22-20-18-16-14-12-10-8-5-2;/h38H,4-37H2,1-3H3,(H,41,42);/q;+1/p-1. The van der Waals surface area contributed by atoms with Crippen molar-refractivity contribution in [2.24, 2.45) is 0 Å². The number of hydrogen-bond donors (Lipinski definition) is 0. The fourth-order valence-corrected chi connectivity index (χ4v) is 6.52. The second-order valence-electron chi connectivity index (χ2n) is 13.6. The van der Waals surface area contributed by atoms with Crippen molar-refractivity contribution in [1.29, 1.82) is 0 Å². The van der Waals surface area contributed by atoms with E-state index in [1.807, 2.05) is 0 Å². The van der Waals surface area contributed by atoms with Crippen LogP contribution < -0.4 is 56.5 Å². The molecule has 0 saturated carbocycles. The SMILES string of the molecule is CCCCCCCCCCCCCCCCCN(CCCCCCCCCCCCCCCCC)C(CCC)C(=O)[O-].[K+]. The van der Waals surface area contributed by atoms with E-state index in [0.29, 0.717) is 0 Å². The third-order valence-electron chi connectivity index (χ3n) is 9.37. The van der Waals surface area contributed by atoms with Crippen LogP contribution in [-0.4, -0.2) is 30.0 Å². The van der Waals surface area contributed by atoms with Gasteiger partial charge >= 0.3 is 51.4 Å². The molecule has 0 fully saturated rings. The molecule has 0 aromatic carbocycles. The zero-order chi connectivity index (χ0) is 30.8. The first-order valence-electron chi connectivity index (χ1n) is 19.6. The van der Waals surface area contributed by atoms with Crippen molar-refractivity contribution in [2.45, 2.75) is 232 Å². The number of unbranched alkanes of at least 4 members (excludes halogenated alkanes) is 28. The van der Waals surface area contributed by atoms with Gasteiger partial charge in [0, 0.05) is 6.04 Å². The largest absolute Gasteiger partial charge is 1.00 e. The second kappa shape index (κ2) is 39.2. The van der Waals surface area contributed by atoms with Gasteiger partial charge in [-0.3, -0.25) is 4.90 Å². The molecule has 0 rings (SSSR count). The fourth-order valence-electron chi connectivity index (χ4n) is 6.52. The maximum atomic E-state index is 11.9. The molecule has 0 N–H and O–H groups in total. The van der Waals surface area contributed by atoms with E-state index < -0.39 is 12.0 Å². The second-order valence-corrected chi connectivity index (χ2v) is 13.6. The van der Waals surface area contributed by atoms with Gasteiger partial charge in [-0.25, -0.2) is 0 Å². The molecule has 1 unspecified atom stereocenters. The van der Waals surface area contributed by atoms with E-state index in [0.717, 1.165) is 38.8 Å². The summed E-state index contributed by atoms with van der Waals surface area (Å²) < 4.78 is 0. The first kappa shape index (κ1) is 46.2. The van der Waals surface area contributed by atoms with E-state index >= 15 is 0 Å². The van der Waals surface area contributed by atoms with Crippen molar-refractivity contribution < 1.29 is 61.3 Å². The Hall–Kier alpha value is 1.07. The number of rotatable bonds is 36. The molecule has 0 aromatic rings. The molecule has 0 aliphatic rings. The molecule has 0 saturated heterocycles. The van der Waals surface area contributed by atoms with Crippen molar-refractivity contribution in [2.75, 3.05) is 13.1 Å². The van der Waals surface area contributed by atoms with Crippen LogP contribution in [-0.2, 0) is 4.79 Å². The van der Waals surface area contributed by atoms with Crippen molar-refractivity contribution in [1.82, 2.24) is 4.90 Å². The third-order valence-corrected chi connectivity index (χ3v) is 9.37. The van der Waals surface area contributed by atoms with Crippen LogP contribution in [0.3, 0.4) is 0 Å². The maximum Gasteiger partial charge on any atom is 1.00 e. The van der Waals surface area contributed by atoms with E-state index in [4.69, 9.17) is 0 Å². The molecule has 4 heteroatoms. The molecule has 3 nitrogen and oxygen atoms in total. The third kappa shape index (κ3) is 34.2. The zero-order valence-electron chi connectivity index (χ0n) is 30.4. The van der Waals surface area contributed by atoms with Crippen LogP contribution in [0, 0.1) is 0 Å². The van der Waals surface area contributed by atoms with Gasteiger partial charge in [-0.05, 0) is 32.4 Å². The minimum Gasteiger partial charge on any atom is -0.548 e. The van der Waals surface area contributed by atoms with E-state index in [-0.39, 0.29) is 51.4 Å². The van der Waals surface area contributed by atoms with Crippen molar-refractivity contribution in [3.05, 3.63) is 0 Å².